The van der Waals surface area contributed by atoms with Crippen LogP contribution in [0.25, 0.3) is 77.4 Å². The largest absolute Gasteiger partial charge is 0.309 e. The van der Waals surface area contributed by atoms with Gasteiger partial charge in [-0.3, -0.25) is 4.98 Å². The molecule has 214 valence electrons. The number of benzene rings is 6. The van der Waals surface area contributed by atoms with Crippen molar-refractivity contribution in [1.82, 2.24) is 14.1 Å². The lowest BCUT2D eigenvalue weighted by Gasteiger charge is -2.13. The summed E-state index contributed by atoms with van der Waals surface area (Å²) in [7, 11) is 0. The summed E-state index contributed by atoms with van der Waals surface area (Å²) in [6.45, 7) is 0. The van der Waals surface area contributed by atoms with Gasteiger partial charge in [0, 0.05) is 44.7 Å². The molecule has 0 spiro atoms. The SMILES string of the molecule is N#Cc1cc(-c2cccc(-n3c4ccccc4c4cc(-c5ccccn5)ccc43)c2)cc(-n2c3ccccc3c3ccccc32)c1. The molecule has 3 heterocycles. The Morgan fingerprint density at radius 2 is 1.04 bits per heavy atom. The van der Waals surface area contributed by atoms with Crippen LogP contribution in [0.2, 0.25) is 0 Å². The third kappa shape index (κ3) is 4.03. The van der Waals surface area contributed by atoms with E-state index >= 15 is 0 Å². The molecule has 0 aliphatic carbocycles. The van der Waals surface area contributed by atoms with Crippen LogP contribution < -0.4 is 0 Å². The van der Waals surface area contributed by atoms with Crippen LogP contribution in [0.1, 0.15) is 5.56 Å². The summed E-state index contributed by atoms with van der Waals surface area (Å²) in [6.07, 6.45) is 1.84. The van der Waals surface area contributed by atoms with Crippen molar-refractivity contribution in [2.45, 2.75) is 0 Å². The predicted octanol–water partition coefficient (Wildman–Crippen LogP) is 10.5. The molecule has 3 aromatic heterocycles. The second kappa shape index (κ2) is 10.3. The van der Waals surface area contributed by atoms with Crippen molar-refractivity contribution in [2.75, 3.05) is 0 Å². The summed E-state index contributed by atoms with van der Waals surface area (Å²) in [5.74, 6) is 0. The van der Waals surface area contributed by atoms with Gasteiger partial charge in [-0.25, -0.2) is 0 Å². The number of rotatable bonds is 4. The van der Waals surface area contributed by atoms with E-state index in [1.165, 1.54) is 21.5 Å². The monoisotopic (exact) mass is 586 g/mol. The van der Waals surface area contributed by atoms with E-state index in [1.54, 1.807) is 0 Å². The number of aromatic nitrogens is 3. The van der Waals surface area contributed by atoms with Gasteiger partial charge in [0.15, 0.2) is 0 Å². The molecule has 0 saturated carbocycles. The van der Waals surface area contributed by atoms with Crippen molar-refractivity contribution in [3.05, 3.63) is 163 Å². The van der Waals surface area contributed by atoms with Crippen molar-refractivity contribution in [3.8, 4) is 39.8 Å². The molecular formula is C42H26N4. The fourth-order valence-corrected chi connectivity index (χ4v) is 6.94. The Kier molecular flexibility index (Phi) is 5.84. The van der Waals surface area contributed by atoms with Crippen LogP contribution in [-0.4, -0.2) is 14.1 Å². The van der Waals surface area contributed by atoms with Gasteiger partial charge in [-0.1, -0.05) is 78.9 Å². The van der Waals surface area contributed by atoms with Crippen molar-refractivity contribution in [2.24, 2.45) is 0 Å². The number of hydrogen-bond acceptors (Lipinski definition) is 2. The molecule has 4 nitrogen and oxygen atoms in total. The fourth-order valence-electron chi connectivity index (χ4n) is 6.94. The highest BCUT2D eigenvalue weighted by Gasteiger charge is 2.16. The highest BCUT2D eigenvalue weighted by atomic mass is 15.0. The second-order valence-corrected chi connectivity index (χ2v) is 11.6. The molecule has 0 bridgehead atoms. The van der Waals surface area contributed by atoms with Crippen molar-refractivity contribution in [3.63, 3.8) is 0 Å². The van der Waals surface area contributed by atoms with Crippen LogP contribution in [0.3, 0.4) is 0 Å². The van der Waals surface area contributed by atoms with E-state index in [0.717, 1.165) is 55.8 Å². The minimum atomic E-state index is 0.624. The Morgan fingerprint density at radius 3 is 1.72 bits per heavy atom. The molecule has 0 radical (unpaired) electrons. The zero-order valence-electron chi connectivity index (χ0n) is 24.8. The van der Waals surface area contributed by atoms with Crippen molar-refractivity contribution >= 4 is 43.6 Å². The molecule has 0 N–H and O–H groups in total. The Hall–Kier alpha value is -6.44. The van der Waals surface area contributed by atoms with E-state index < -0.39 is 0 Å². The molecule has 9 rings (SSSR count). The summed E-state index contributed by atoms with van der Waals surface area (Å²) < 4.78 is 4.60. The number of nitriles is 1. The first kappa shape index (κ1) is 26.0. The van der Waals surface area contributed by atoms with Crippen LogP contribution >= 0.6 is 0 Å². The average molecular weight is 587 g/mol. The second-order valence-electron chi connectivity index (χ2n) is 11.6. The molecule has 0 fully saturated rings. The Balaban J connectivity index is 1.23. The number of para-hydroxylation sites is 3. The minimum Gasteiger partial charge on any atom is -0.309 e. The van der Waals surface area contributed by atoms with E-state index in [1.807, 2.05) is 36.5 Å². The van der Waals surface area contributed by atoms with Gasteiger partial charge in [0.2, 0.25) is 0 Å². The molecule has 9 aromatic rings. The molecule has 6 aromatic carbocycles. The summed E-state index contributed by atoms with van der Waals surface area (Å²) in [5, 5.41) is 14.9. The highest BCUT2D eigenvalue weighted by molar-refractivity contribution is 6.11. The first-order valence-electron chi connectivity index (χ1n) is 15.4. The third-order valence-electron chi connectivity index (χ3n) is 8.96. The molecule has 46 heavy (non-hydrogen) atoms. The minimum absolute atomic E-state index is 0.624. The molecule has 0 aliphatic heterocycles. The smallest absolute Gasteiger partial charge is 0.0992 e. The lowest BCUT2D eigenvalue weighted by Crippen LogP contribution is -1.97. The lowest BCUT2D eigenvalue weighted by molar-refractivity contribution is 1.17. The summed E-state index contributed by atoms with van der Waals surface area (Å²) in [5.41, 5.74) is 11.3. The quantitative estimate of drug-likeness (QED) is 0.206. The van der Waals surface area contributed by atoms with Gasteiger partial charge in [-0.15, -0.1) is 0 Å². The molecule has 0 unspecified atom stereocenters. The summed E-state index contributed by atoms with van der Waals surface area (Å²) >= 11 is 0. The number of pyridine rings is 1. The number of hydrogen-bond donors (Lipinski definition) is 0. The number of fused-ring (bicyclic) bond motifs is 6. The maximum Gasteiger partial charge on any atom is 0.0992 e. The molecule has 4 heteroatoms. The Labute approximate surface area is 265 Å². The maximum absolute atomic E-state index is 10.1. The molecular weight excluding hydrogens is 560 g/mol. The van der Waals surface area contributed by atoms with Crippen LogP contribution in [-0.2, 0) is 0 Å². The van der Waals surface area contributed by atoms with Gasteiger partial charge in [0.05, 0.1) is 39.4 Å². The Bertz CT molecular complexity index is 2600. The average Bonchev–Trinajstić information content (AvgIpc) is 3.64. The number of nitrogens with zero attached hydrogens (tertiary/aromatic N) is 4. The zero-order chi connectivity index (χ0) is 30.6. The highest BCUT2D eigenvalue weighted by Crippen LogP contribution is 2.37. The van der Waals surface area contributed by atoms with Gasteiger partial charge in [0.25, 0.3) is 0 Å². The van der Waals surface area contributed by atoms with Gasteiger partial charge >= 0.3 is 0 Å². The van der Waals surface area contributed by atoms with E-state index in [4.69, 9.17) is 0 Å². The van der Waals surface area contributed by atoms with Crippen molar-refractivity contribution in [1.29, 1.82) is 5.26 Å². The van der Waals surface area contributed by atoms with Gasteiger partial charge < -0.3 is 9.13 Å². The van der Waals surface area contributed by atoms with Crippen LogP contribution in [0.15, 0.2) is 158 Å². The Morgan fingerprint density at radius 1 is 0.435 bits per heavy atom. The fraction of sp³-hybridized carbons (Fsp3) is 0. The van der Waals surface area contributed by atoms with E-state index in [0.29, 0.717) is 5.56 Å². The van der Waals surface area contributed by atoms with Crippen LogP contribution in [0, 0.1) is 11.3 Å². The third-order valence-corrected chi connectivity index (χ3v) is 8.96. The first-order valence-corrected chi connectivity index (χ1v) is 15.4. The molecule has 0 atom stereocenters. The van der Waals surface area contributed by atoms with Crippen LogP contribution in [0.5, 0.6) is 0 Å². The molecule has 0 amide bonds. The van der Waals surface area contributed by atoms with E-state index in [-0.39, 0.29) is 0 Å². The van der Waals surface area contributed by atoms with Gasteiger partial charge in [-0.05, 0) is 83.9 Å². The topological polar surface area (TPSA) is 46.5 Å². The van der Waals surface area contributed by atoms with Gasteiger partial charge in [-0.2, -0.15) is 5.26 Å². The first-order chi connectivity index (χ1) is 22.8. The molecule has 0 saturated heterocycles. The van der Waals surface area contributed by atoms with Gasteiger partial charge in [0.1, 0.15) is 0 Å². The predicted molar refractivity (Wildman–Crippen MR) is 189 cm³/mol. The van der Waals surface area contributed by atoms with E-state index in [2.05, 4.69) is 142 Å². The van der Waals surface area contributed by atoms with E-state index in [9.17, 15) is 5.26 Å². The normalized spacial score (nSPS) is 11.5. The zero-order valence-corrected chi connectivity index (χ0v) is 24.8. The molecule has 0 aliphatic rings. The standard InChI is InChI=1S/C42H26N4/c43-27-28-22-31(25-33(23-28)46-39-16-4-1-12-34(39)35-13-2-5-17-40(35)46)29-10-9-11-32(24-29)45-41-18-6-3-14-36(41)37-26-30(19-20-42(37)45)38-15-7-8-21-44-38/h1-26H. The summed E-state index contributed by atoms with van der Waals surface area (Å²) in [6, 6.07) is 55.3. The maximum atomic E-state index is 10.1. The summed E-state index contributed by atoms with van der Waals surface area (Å²) in [4.78, 5) is 4.59. The lowest BCUT2D eigenvalue weighted by atomic mass is 10.0. The van der Waals surface area contributed by atoms with Crippen LogP contribution in [0.4, 0.5) is 0 Å². The van der Waals surface area contributed by atoms with Crippen molar-refractivity contribution < 1.29 is 0 Å².